The number of hydrogen-bond donors (Lipinski definition) is 1. The van der Waals surface area contributed by atoms with Gasteiger partial charge in [0.05, 0.1) is 6.61 Å². The molecule has 1 N–H and O–H groups in total. The summed E-state index contributed by atoms with van der Waals surface area (Å²) in [6.07, 6.45) is -1.15. The highest BCUT2D eigenvalue weighted by molar-refractivity contribution is 6.30. The first-order valence-electron chi connectivity index (χ1n) is 6.93. The minimum Gasteiger partial charge on any atom is -0.494 e. The molecule has 0 fully saturated rings. The summed E-state index contributed by atoms with van der Waals surface area (Å²) in [5.74, 6) is 1.37. The van der Waals surface area contributed by atoms with Gasteiger partial charge >= 0.3 is 0 Å². The lowest BCUT2D eigenvalue weighted by molar-refractivity contribution is 0.0466. The van der Waals surface area contributed by atoms with Crippen LogP contribution in [0.5, 0.6) is 11.5 Å². The van der Waals surface area contributed by atoms with Gasteiger partial charge in [-0.25, -0.2) is 0 Å². The second-order valence-electron chi connectivity index (χ2n) is 4.73. The number of halogens is 1. The van der Waals surface area contributed by atoms with Crippen molar-refractivity contribution in [3.63, 3.8) is 0 Å². The summed E-state index contributed by atoms with van der Waals surface area (Å²) in [6, 6.07) is 14.5. The maximum atomic E-state index is 10.4. The molecule has 2 rings (SSSR count). The summed E-state index contributed by atoms with van der Waals surface area (Å²) in [5.41, 5.74) is 0.760. The van der Waals surface area contributed by atoms with Crippen LogP contribution in [-0.2, 0) is 0 Å². The summed E-state index contributed by atoms with van der Waals surface area (Å²) in [6.45, 7) is 4.33. The predicted molar refractivity (Wildman–Crippen MR) is 84.1 cm³/mol. The van der Waals surface area contributed by atoms with Crippen molar-refractivity contribution < 1.29 is 14.6 Å². The van der Waals surface area contributed by atoms with Crippen LogP contribution in [0.1, 0.15) is 25.5 Å². The molecule has 112 valence electrons. The summed E-state index contributed by atoms with van der Waals surface area (Å²) in [4.78, 5) is 0. The highest BCUT2D eigenvalue weighted by Crippen LogP contribution is 2.26. The van der Waals surface area contributed by atoms with Crippen molar-refractivity contribution in [1.29, 1.82) is 0 Å². The van der Waals surface area contributed by atoms with E-state index in [0.29, 0.717) is 17.4 Å². The van der Waals surface area contributed by atoms with Crippen LogP contribution < -0.4 is 9.47 Å². The minimum absolute atomic E-state index is 0.402. The van der Waals surface area contributed by atoms with Crippen molar-refractivity contribution in [2.75, 3.05) is 6.61 Å². The molecular formula is C17H19ClO3. The average Bonchev–Trinajstić information content (AvgIpc) is 2.47. The molecule has 21 heavy (non-hydrogen) atoms. The van der Waals surface area contributed by atoms with Gasteiger partial charge in [0.15, 0.2) is 0 Å². The Labute approximate surface area is 130 Å². The Hall–Kier alpha value is -1.71. The first kappa shape index (κ1) is 15.7. The molecule has 0 aliphatic rings. The van der Waals surface area contributed by atoms with E-state index in [1.807, 2.05) is 50.2 Å². The van der Waals surface area contributed by atoms with Gasteiger partial charge in [0.25, 0.3) is 0 Å². The van der Waals surface area contributed by atoms with Crippen LogP contribution in [0.25, 0.3) is 0 Å². The van der Waals surface area contributed by atoms with Gasteiger partial charge in [-0.15, -0.1) is 0 Å². The van der Waals surface area contributed by atoms with Crippen molar-refractivity contribution in [3.8, 4) is 11.5 Å². The van der Waals surface area contributed by atoms with E-state index in [0.717, 1.165) is 11.3 Å². The maximum Gasteiger partial charge on any atom is 0.126 e. The molecule has 0 heterocycles. The fourth-order valence-corrected chi connectivity index (χ4v) is 2.23. The smallest absolute Gasteiger partial charge is 0.126 e. The van der Waals surface area contributed by atoms with Crippen LogP contribution >= 0.6 is 11.6 Å². The number of aliphatic hydroxyl groups excluding tert-OH is 1. The molecule has 4 heteroatoms. The Kier molecular flexibility index (Phi) is 5.48. The molecule has 2 unspecified atom stereocenters. The van der Waals surface area contributed by atoms with Gasteiger partial charge in [-0.2, -0.15) is 0 Å². The number of rotatable bonds is 6. The molecule has 0 saturated carbocycles. The SMILES string of the molecule is CCOc1cccc(C(O)C(C)Oc2cccc(Cl)c2)c1. The fourth-order valence-electron chi connectivity index (χ4n) is 2.05. The van der Waals surface area contributed by atoms with E-state index in [-0.39, 0.29) is 0 Å². The van der Waals surface area contributed by atoms with Gasteiger partial charge in [-0.05, 0) is 49.7 Å². The normalized spacial score (nSPS) is 13.5. The predicted octanol–water partition coefficient (Wildman–Crippen LogP) is 4.24. The van der Waals surface area contributed by atoms with E-state index >= 15 is 0 Å². The van der Waals surface area contributed by atoms with Crippen LogP contribution in [0.4, 0.5) is 0 Å². The Morgan fingerprint density at radius 2 is 1.81 bits per heavy atom. The lowest BCUT2D eigenvalue weighted by Crippen LogP contribution is -2.21. The second-order valence-corrected chi connectivity index (χ2v) is 5.17. The molecule has 2 atom stereocenters. The van der Waals surface area contributed by atoms with Gasteiger partial charge in [0.1, 0.15) is 23.7 Å². The van der Waals surface area contributed by atoms with Gasteiger partial charge < -0.3 is 14.6 Å². The Morgan fingerprint density at radius 1 is 1.10 bits per heavy atom. The first-order valence-corrected chi connectivity index (χ1v) is 7.31. The zero-order chi connectivity index (χ0) is 15.2. The molecule has 2 aromatic carbocycles. The summed E-state index contributed by atoms with van der Waals surface area (Å²) in [7, 11) is 0. The van der Waals surface area contributed by atoms with Gasteiger partial charge in [-0.3, -0.25) is 0 Å². The molecule has 0 aliphatic carbocycles. The molecule has 3 nitrogen and oxygen atoms in total. The third kappa shape index (κ3) is 4.38. The number of aliphatic hydroxyl groups is 1. The molecule has 0 aliphatic heterocycles. The third-order valence-electron chi connectivity index (χ3n) is 3.07. The number of benzene rings is 2. The first-order chi connectivity index (χ1) is 10.1. The van der Waals surface area contributed by atoms with Crippen LogP contribution in [0.2, 0.25) is 5.02 Å². The van der Waals surface area contributed by atoms with Crippen LogP contribution in [0, 0.1) is 0 Å². The van der Waals surface area contributed by atoms with Crippen LogP contribution in [0.3, 0.4) is 0 Å². The number of hydrogen-bond acceptors (Lipinski definition) is 3. The highest BCUT2D eigenvalue weighted by atomic mass is 35.5. The molecular weight excluding hydrogens is 288 g/mol. The molecule has 0 bridgehead atoms. The minimum atomic E-state index is -0.746. The molecule has 2 aromatic rings. The van der Waals surface area contributed by atoms with Gasteiger partial charge in [-0.1, -0.05) is 29.8 Å². The zero-order valence-electron chi connectivity index (χ0n) is 12.1. The van der Waals surface area contributed by atoms with Crippen LogP contribution in [0.15, 0.2) is 48.5 Å². The zero-order valence-corrected chi connectivity index (χ0v) is 12.9. The molecule has 0 radical (unpaired) electrons. The topological polar surface area (TPSA) is 38.7 Å². The van der Waals surface area contributed by atoms with E-state index in [2.05, 4.69) is 0 Å². The summed E-state index contributed by atoms with van der Waals surface area (Å²) in [5, 5.41) is 11.0. The second kappa shape index (κ2) is 7.34. The van der Waals surface area contributed by atoms with Crippen molar-refractivity contribution in [3.05, 3.63) is 59.1 Å². The van der Waals surface area contributed by atoms with Crippen molar-refractivity contribution in [2.45, 2.75) is 26.1 Å². The van der Waals surface area contributed by atoms with Crippen LogP contribution in [-0.4, -0.2) is 17.8 Å². The Bertz CT molecular complexity index is 586. The standard InChI is InChI=1S/C17H19ClO3/c1-3-20-15-8-4-6-13(10-15)17(19)12(2)21-16-9-5-7-14(18)11-16/h4-12,17,19H,3H2,1-2H3. The largest absolute Gasteiger partial charge is 0.494 e. The Balaban J connectivity index is 2.08. The monoisotopic (exact) mass is 306 g/mol. The fraction of sp³-hybridized carbons (Fsp3) is 0.294. The van der Waals surface area contributed by atoms with E-state index < -0.39 is 12.2 Å². The van der Waals surface area contributed by atoms with E-state index in [4.69, 9.17) is 21.1 Å². The molecule has 0 amide bonds. The van der Waals surface area contributed by atoms with Gasteiger partial charge in [0.2, 0.25) is 0 Å². The van der Waals surface area contributed by atoms with E-state index in [1.54, 1.807) is 12.1 Å². The lowest BCUT2D eigenvalue weighted by Gasteiger charge is -2.21. The van der Waals surface area contributed by atoms with Crippen molar-refractivity contribution >= 4 is 11.6 Å². The summed E-state index contributed by atoms with van der Waals surface area (Å²) < 4.78 is 11.2. The van der Waals surface area contributed by atoms with Crippen molar-refractivity contribution in [1.82, 2.24) is 0 Å². The third-order valence-corrected chi connectivity index (χ3v) is 3.31. The average molecular weight is 307 g/mol. The lowest BCUT2D eigenvalue weighted by atomic mass is 10.1. The summed E-state index contributed by atoms with van der Waals surface area (Å²) >= 11 is 5.92. The maximum absolute atomic E-state index is 10.4. The number of ether oxygens (including phenoxy) is 2. The quantitative estimate of drug-likeness (QED) is 0.867. The Morgan fingerprint density at radius 3 is 2.52 bits per heavy atom. The van der Waals surface area contributed by atoms with Crippen molar-refractivity contribution in [2.24, 2.45) is 0 Å². The van der Waals surface area contributed by atoms with E-state index in [9.17, 15) is 5.11 Å². The van der Waals surface area contributed by atoms with E-state index in [1.165, 1.54) is 0 Å². The molecule has 0 aromatic heterocycles. The van der Waals surface area contributed by atoms with Gasteiger partial charge in [0, 0.05) is 5.02 Å². The molecule has 0 saturated heterocycles. The molecule has 0 spiro atoms. The highest BCUT2D eigenvalue weighted by Gasteiger charge is 2.18.